The molecule has 7 heteroatoms. The molecule has 0 spiro atoms. The molecular weight excluding hydrogens is 454 g/mol. The molecule has 2 N–H and O–H groups in total. The van der Waals surface area contributed by atoms with E-state index >= 15 is 0 Å². The van der Waals surface area contributed by atoms with Gasteiger partial charge in [0.1, 0.15) is 12.1 Å². The minimum atomic E-state index is -0.250. The molecule has 194 valence electrons. The summed E-state index contributed by atoms with van der Waals surface area (Å²) in [6.45, 7) is 2.05. The van der Waals surface area contributed by atoms with Gasteiger partial charge in [0, 0.05) is 49.8 Å². The lowest BCUT2D eigenvalue weighted by Crippen LogP contribution is -2.33. The molecule has 5 rings (SSSR count). The number of aliphatic hydroxyl groups is 1. The van der Waals surface area contributed by atoms with E-state index in [2.05, 4.69) is 47.7 Å². The van der Waals surface area contributed by atoms with Crippen molar-refractivity contribution in [2.75, 3.05) is 19.1 Å². The molecule has 0 radical (unpaired) electrons. The highest BCUT2D eigenvalue weighted by Gasteiger charge is 2.28. The number of carbonyl (C=O) groups is 2. The topological polar surface area (TPSA) is 95.7 Å². The predicted octanol–water partition coefficient (Wildman–Crippen LogP) is 5.15. The molecule has 2 aliphatic rings. The molecule has 0 amide bonds. The van der Waals surface area contributed by atoms with E-state index in [4.69, 9.17) is 20.0 Å². The highest BCUT2D eigenvalue weighted by Crippen LogP contribution is 2.39. The van der Waals surface area contributed by atoms with Crippen molar-refractivity contribution in [1.29, 1.82) is 0 Å². The fraction of sp³-hybridized carbons (Fsp3) is 0.483. The molecule has 0 bridgehead atoms. The van der Waals surface area contributed by atoms with Gasteiger partial charge in [-0.2, -0.15) is 0 Å². The molecule has 1 fully saturated rings. The smallest absolute Gasteiger partial charge is 0.290 e. The Morgan fingerprint density at radius 2 is 1.69 bits per heavy atom. The molecular formula is C29H39N3O4. The van der Waals surface area contributed by atoms with Crippen LogP contribution in [-0.4, -0.2) is 52.7 Å². The summed E-state index contributed by atoms with van der Waals surface area (Å²) in [5.74, 6) is 0.927. The average molecular weight is 494 g/mol. The van der Waals surface area contributed by atoms with Gasteiger partial charge in [-0.15, -0.1) is 0 Å². The van der Waals surface area contributed by atoms with Crippen LogP contribution in [0.5, 0.6) is 0 Å². The van der Waals surface area contributed by atoms with Gasteiger partial charge in [-0.3, -0.25) is 4.79 Å². The zero-order valence-electron chi connectivity index (χ0n) is 21.6. The van der Waals surface area contributed by atoms with Crippen molar-refractivity contribution in [3.05, 3.63) is 59.4 Å². The summed E-state index contributed by atoms with van der Waals surface area (Å²) >= 11 is 0. The lowest BCUT2D eigenvalue weighted by molar-refractivity contribution is -0.122. The van der Waals surface area contributed by atoms with E-state index in [9.17, 15) is 4.79 Å². The summed E-state index contributed by atoms with van der Waals surface area (Å²) in [5.41, 5.74) is 6.21. The quantitative estimate of drug-likeness (QED) is 0.478. The number of aromatic nitrogens is 2. The molecule has 1 aliphatic heterocycles. The van der Waals surface area contributed by atoms with Crippen molar-refractivity contribution in [1.82, 2.24) is 9.55 Å². The number of aliphatic hydroxyl groups excluding tert-OH is 1. The largest absolute Gasteiger partial charge is 0.483 e. The third kappa shape index (κ3) is 5.78. The zero-order valence-corrected chi connectivity index (χ0v) is 21.6. The van der Waals surface area contributed by atoms with E-state index in [0.29, 0.717) is 18.5 Å². The number of carboxylic acid groups (broad SMARTS) is 1. The number of nitrogens with zero attached hydrogens (tertiary/aromatic N) is 3. The molecule has 1 aliphatic carbocycles. The van der Waals surface area contributed by atoms with Crippen molar-refractivity contribution in [3.8, 4) is 0 Å². The maximum Gasteiger partial charge on any atom is 0.290 e. The Balaban J connectivity index is 0.000000674. The van der Waals surface area contributed by atoms with Gasteiger partial charge in [0.05, 0.1) is 11.0 Å². The van der Waals surface area contributed by atoms with Gasteiger partial charge in [0.2, 0.25) is 0 Å². The fourth-order valence-electron chi connectivity index (χ4n) is 5.65. The maximum absolute atomic E-state index is 12.1. The predicted molar refractivity (Wildman–Crippen MR) is 144 cm³/mol. The monoisotopic (exact) mass is 493 g/mol. The minimum Gasteiger partial charge on any atom is -0.483 e. The number of hydrogen-bond donors (Lipinski definition) is 2. The van der Waals surface area contributed by atoms with Gasteiger partial charge in [0.15, 0.2) is 0 Å². The summed E-state index contributed by atoms with van der Waals surface area (Å²) < 4.78 is 2.51. The fourth-order valence-corrected chi connectivity index (χ4v) is 5.65. The number of carbonyl (C=O) groups excluding carboxylic acids is 1. The zero-order chi connectivity index (χ0) is 26.1. The summed E-state index contributed by atoms with van der Waals surface area (Å²) in [4.78, 5) is 28.1. The first-order valence-electron chi connectivity index (χ1n) is 12.9. The van der Waals surface area contributed by atoms with Crippen molar-refractivity contribution in [3.63, 3.8) is 0 Å². The van der Waals surface area contributed by atoms with E-state index < -0.39 is 0 Å². The van der Waals surface area contributed by atoms with Crippen LogP contribution in [0.25, 0.3) is 11.0 Å². The standard InChI is InChI=1S/C27H33N3O.CH2O2.CH4O/c1-19-13-14-23-24(29(19)2)15-16-25-27(23)28-26(30(25)22-11-7-4-8-12-22)17-21(18-31)20-9-5-3-6-10-20;2-1-3;1-2/h3,5-6,9-10,15-16,18-19,21-22H,4,7-8,11-14,17H2,1-2H3;1H,(H,2,3);2H,1H3. The van der Waals surface area contributed by atoms with E-state index in [0.717, 1.165) is 43.1 Å². The number of rotatable bonds is 5. The lowest BCUT2D eigenvalue weighted by atomic mass is 9.93. The Hall–Kier alpha value is -3.19. The van der Waals surface area contributed by atoms with E-state index in [1.54, 1.807) is 0 Å². The van der Waals surface area contributed by atoms with Gasteiger partial charge in [0.25, 0.3) is 6.47 Å². The maximum atomic E-state index is 12.1. The second kappa shape index (κ2) is 13.2. The number of anilines is 1. The average Bonchev–Trinajstić information content (AvgIpc) is 3.30. The normalized spacial score (nSPS) is 18.2. The van der Waals surface area contributed by atoms with Gasteiger partial charge < -0.3 is 24.5 Å². The second-order valence-corrected chi connectivity index (χ2v) is 9.58. The number of hydrogen-bond acceptors (Lipinski definition) is 5. The molecule has 2 atom stereocenters. The molecule has 36 heavy (non-hydrogen) atoms. The van der Waals surface area contributed by atoms with Crippen LogP contribution in [-0.2, 0) is 22.4 Å². The van der Waals surface area contributed by atoms with Gasteiger partial charge in [-0.05, 0) is 50.3 Å². The SMILES string of the molecule is CC1CCc2c(ccc3c2nc(CC(C=O)c2ccccc2)n3C2CCCCC2)N1C.CO.O=CO. The summed E-state index contributed by atoms with van der Waals surface area (Å²) in [7, 11) is 3.20. The first-order chi connectivity index (χ1) is 17.6. The number of imidazole rings is 1. The highest BCUT2D eigenvalue weighted by molar-refractivity contribution is 5.86. The van der Waals surface area contributed by atoms with Crippen molar-refractivity contribution in [2.24, 2.45) is 0 Å². The number of benzene rings is 2. The summed E-state index contributed by atoms with van der Waals surface area (Å²) in [6, 6.07) is 15.8. The Kier molecular flexibility index (Phi) is 10.1. The molecule has 2 aromatic carbocycles. The first kappa shape index (κ1) is 27.4. The number of fused-ring (bicyclic) bond motifs is 3. The third-order valence-electron chi connectivity index (χ3n) is 7.60. The van der Waals surface area contributed by atoms with Crippen LogP contribution in [0.4, 0.5) is 5.69 Å². The van der Waals surface area contributed by atoms with Crippen molar-refractivity contribution < 1.29 is 19.8 Å². The van der Waals surface area contributed by atoms with Gasteiger partial charge >= 0.3 is 0 Å². The van der Waals surface area contributed by atoms with Crippen LogP contribution < -0.4 is 4.90 Å². The van der Waals surface area contributed by atoms with Crippen LogP contribution in [0.3, 0.4) is 0 Å². The molecule has 2 unspecified atom stereocenters. The van der Waals surface area contributed by atoms with E-state index in [-0.39, 0.29) is 12.4 Å². The minimum absolute atomic E-state index is 0.154. The van der Waals surface area contributed by atoms with E-state index in [1.165, 1.54) is 48.9 Å². The Morgan fingerprint density at radius 3 is 2.33 bits per heavy atom. The molecule has 1 aromatic heterocycles. The van der Waals surface area contributed by atoms with Crippen molar-refractivity contribution in [2.45, 2.75) is 76.3 Å². The molecule has 0 saturated heterocycles. The van der Waals surface area contributed by atoms with Gasteiger partial charge in [-0.25, -0.2) is 4.98 Å². The molecule has 7 nitrogen and oxygen atoms in total. The molecule has 1 saturated carbocycles. The van der Waals surface area contributed by atoms with Gasteiger partial charge in [-0.1, -0.05) is 49.6 Å². The first-order valence-corrected chi connectivity index (χ1v) is 12.9. The number of aldehydes is 1. The number of aryl methyl sites for hydroxylation is 1. The molecule has 3 aromatic rings. The second-order valence-electron chi connectivity index (χ2n) is 9.58. The van der Waals surface area contributed by atoms with Crippen LogP contribution in [0.15, 0.2) is 42.5 Å². The Labute approximate surface area is 213 Å². The van der Waals surface area contributed by atoms with Crippen LogP contribution in [0.1, 0.15) is 74.4 Å². The Morgan fingerprint density at radius 1 is 1.03 bits per heavy atom. The van der Waals surface area contributed by atoms with Crippen LogP contribution in [0, 0.1) is 0 Å². The van der Waals surface area contributed by atoms with E-state index in [1.807, 2.05) is 18.2 Å². The van der Waals surface area contributed by atoms with Crippen molar-refractivity contribution >= 4 is 29.5 Å². The Bertz CT molecular complexity index is 1120. The highest BCUT2D eigenvalue weighted by atomic mass is 16.3. The van der Waals surface area contributed by atoms with Crippen LogP contribution in [0.2, 0.25) is 0 Å². The summed E-state index contributed by atoms with van der Waals surface area (Å²) in [5, 5.41) is 13.9. The molecule has 2 heterocycles. The summed E-state index contributed by atoms with van der Waals surface area (Å²) in [6.07, 6.45) is 10.3. The van der Waals surface area contributed by atoms with Crippen LogP contribution >= 0.6 is 0 Å². The third-order valence-corrected chi connectivity index (χ3v) is 7.60. The lowest BCUT2D eigenvalue weighted by Gasteiger charge is -2.34.